The van der Waals surface area contributed by atoms with Gasteiger partial charge in [-0.25, -0.2) is 4.79 Å². The molecule has 3 heterocycles. The van der Waals surface area contributed by atoms with Crippen molar-refractivity contribution < 1.29 is 13.2 Å². The van der Waals surface area contributed by atoms with E-state index < -0.39 is 23.0 Å². The predicted molar refractivity (Wildman–Crippen MR) is 96.5 cm³/mol. The molecule has 1 aliphatic rings. The third-order valence-corrected chi connectivity index (χ3v) is 4.97. The fraction of sp³-hybridized carbons (Fsp3) is 0.263. The molecule has 0 atom stereocenters. The highest BCUT2D eigenvalue weighted by atomic mass is 19.4. The lowest BCUT2D eigenvalue weighted by molar-refractivity contribution is -0.0697. The number of hydrogen-bond acceptors (Lipinski definition) is 2. The Morgan fingerprint density at radius 3 is 2.26 bits per heavy atom. The molecule has 4 rings (SSSR count). The first-order chi connectivity index (χ1) is 12.7. The van der Waals surface area contributed by atoms with Crippen molar-refractivity contribution in [2.75, 3.05) is 0 Å². The summed E-state index contributed by atoms with van der Waals surface area (Å²) < 4.78 is 44.7. The van der Waals surface area contributed by atoms with Gasteiger partial charge >= 0.3 is 11.9 Å². The zero-order chi connectivity index (χ0) is 19.5. The van der Waals surface area contributed by atoms with Gasteiger partial charge in [-0.3, -0.25) is 13.9 Å². The molecular formula is C19H16F3N3O2. The van der Waals surface area contributed by atoms with Crippen molar-refractivity contribution in [3.63, 3.8) is 0 Å². The molecule has 0 fully saturated rings. The number of rotatable bonds is 1. The van der Waals surface area contributed by atoms with Crippen LogP contribution >= 0.6 is 0 Å². The van der Waals surface area contributed by atoms with Crippen LogP contribution < -0.4 is 11.2 Å². The van der Waals surface area contributed by atoms with Crippen LogP contribution in [0.3, 0.4) is 0 Å². The lowest BCUT2D eigenvalue weighted by atomic mass is 10.1. The van der Waals surface area contributed by atoms with Gasteiger partial charge in [-0.2, -0.15) is 13.2 Å². The van der Waals surface area contributed by atoms with Crippen LogP contribution in [-0.2, 0) is 20.6 Å². The summed E-state index contributed by atoms with van der Waals surface area (Å²) in [5, 5.41) is 0.123. The number of alkyl halides is 3. The minimum Gasteiger partial charge on any atom is -0.338 e. The van der Waals surface area contributed by atoms with E-state index >= 15 is 0 Å². The average molecular weight is 375 g/mol. The van der Waals surface area contributed by atoms with E-state index in [-0.39, 0.29) is 23.0 Å². The van der Waals surface area contributed by atoms with Gasteiger partial charge in [-0.05, 0) is 12.0 Å². The average Bonchev–Trinajstić information content (AvgIpc) is 2.99. The minimum atomic E-state index is -4.59. The molecule has 8 heteroatoms. The quantitative estimate of drug-likeness (QED) is 0.656. The molecule has 0 aliphatic carbocycles. The maximum atomic E-state index is 13.7. The van der Waals surface area contributed by atoms with Crippen molar-refractivity contribution in [2.24, 2.45) is 14.1 Å². The Morgan fingerprint density at radius 1 is 0.963 bits per heavy atom. The van der Waals surface area contributed by atoms with Crippen molar-refractivity contribution in [3.8, 4) is 11.3 Å². The summed E-state index contributed by atoms with van der Waals surface area (Å²) in [6.45, 7) is 0.297. The van der Waals surface area contributed by atoms with E-state index in [1.807, 2.05) is 0 Å². The molecule has 140 valence electrons. The summed E-state index contributed by atoms with van der Waals surface area (Å²) >= 11 is 0. The highest BCUT2D eigenvalue weighted by Crippen LogP contribution is 2.43. The van der Waals surface area contributed by atoms with Crippen molar-refractivity contribution in [1.29, 1.82) is 0 Å². The number of hydrogen-bond donors (Lipinski definition) is 0. The fourth-order valence-electron chi connectivity index (χ4n) is 3.79. The molecule has 27 heavy (non-hydrogen) atoms. The van der Waals surface area contributed by atoms with Gasteiger partial charge in [0.2, 0.25) is 0 Å². The third kappa shape index (κ3) is 2.39. The lowest BCUT2D eigenvalue weighted by Gasteiger charge is -2.21. The summed E-state index contributed by atoms with van der Waals surface area (Å²) in [7, 11) is 2.72. The molecular weight excluding hydrogens is 359 g/mol. The Hall–Kier alpha value is -3.03. The Balaban J connectivity index is 2.29. The number of aromatic nitrogens is 3. The largest absolute Gasteiger partial charge is 0.418 e. The van der Waals surface area contributed by atoms with E-state index in [2.05, 4.69) is 0 Å². The van der Waals surface area contributed by atoms with Crippen molar-refractivity contribution in [1.82, 2.24) is 13.7 Å². The Kier molecular flexibility index (Phi) is 3.69. The van der Waals surface area contributed by atoms with E-state index in [9.17, 15) is 22.8 Å². The number of nitrogens with zero attached hydrogens (tertiary/aromatic N) is 3. The van der Waals surface area contributed by atoms with Gasteiger partial charge in [-0.1, -0.05) is 36.4 Å². The van der Waals surface area contributed by atoms with Crippen LogP contribution in [0.4, 0.5) is 13.2 Å². The number of allylic oxidation sites excluding steroid dienone is 2. The molecule has 3 aromatic rings. The van der Waals surface area contributed by atoms with E-state index in [1.54, 1.807) is 30.3 Å². The lowest BCUT2D eigenvalue weighted by Crippen LogP contribution is -2.37. The monoisotopic (exact) mass is 375 g/mol. The molecule has 0 unspecified atom stereocenters. The Labute approximate surface area is 151 Å². The van der Waals surface area contributed by atoms with Gasteiger partial charge < -0.3 is 4.57 Å². The maximum Gasteiger partial charge on any atom is 0.418 e. The second-order valence-electron chi connectivity index (χ2n) is 6.55. The standard InChI is InChI=1S/C19H16F3N3O2/c1-23-16-13(17(26)24(2)18(23)27)14(11-7-4-3-5-8-11)25-10-6-9-12(15(16)25)19(20,21)22/h3-5,7-9H,6,10H2,1-2H3. The van der Waals surface area contributed by atoms with Gasteiger partial charge in [0, 0.05) is 20.6 Å². The summed E-state index contributed by atoms with van der Waals surface area (Å²) in [4.78, 5) is 25.3. The van der Waals surface area contributed by atoms with Crippen LogP contribution in [0.5, 0.6) is 0 Å². The number of halogens is 3. The molecule has 0 N–H and O–H groups in total. The molecule has 1 aromatic carbocycles. The molecule has 0 saturated carbocycles. The second kappa shape index (κ2) is 5.73. The van der Waals surface area contributed by atoms with Crippen LogP contribution in [-0.4, -0.2) is 19.9 Å². The highest BCUT2D eigenvalue weighted by Gasteiger charge is 2.41. The van der Waals surface area contributed by atoms with E-state index in [0.717, 1.165) is 15.2 Å². The van der Waals surface area contributed by atoms with Crippen molar-refractivity contribution in [3.05, 3.63) is 62.9 Å². The molecule has 0 saturated heterocycles. The fourth-order valence-corrected chi connectivity index (χ4v) is 3.79. The molecule has 0 radical (unpaired) electrons. The molecule has 0 spiro atoms. The van der Waals surface area contributed by atoms with Crippen LogP contribution in [0.1, 0.15) is 12.1 Å². The number of benzene rings is 1. The van der Waals surface area contributed by atoms with Gasteiger partial charge in [0.15, 0.2) is 0 Å². The normalized spacial score (nSPS) is 14.3. The number of fused-ring (bicyclic) bond motifs is 3. The first-order valence-electron chi connectivity index (χ1n) is 8.39. The minimum absolute atomic E-state index is 0.0187. The van der Waals surface area contributed by atoms with Gasteiger partial charge in [0.1, 0.15) is 0 Å². The number of aryl methyl sites for hydroxylation is 1. The third-order valence-electron chi connectivity index (χ3n) is 4.97. The van der Waals surface area contributed by atoms with E-state index in [1.165, 1.54) is 18.7 Å². The van der Waals surface area contributed by atoms with Gasteiger partial charge in [0.05, 0.1) is 27.9 Å². The maximum absolute atomic E-state index is 13.7. The first-order valence-corrected chi connectivity index (χ1v) is 8.39. The molecule has 0 amide bonds. The second-order valence-corrected chi connectivity index (χ2v) is 6.55. The van der Waals surface area contributed by atoms with Crippen molar-refractivity contribution >= 4 is 16.5 Å². The molecule has 5 nitrogen and oxygen atoms in total. The molecule has 0 bridgehead atoms. The Bertz CT molecular complexity index is 1210. The summed E-state index contributed by atoms with van der Waals surface area (Å²) in [5.74, 6) is 0. The zero-order valence-electron chi connectivity index (χ0n) is 14.7. The van der Waals surface area contributed by atoms with E-state index in [0.29, 0.717) is 17.8 Å². The highest BCUT2D eigenvalue weighted by molar-refractivity contribution is 6.01. The van der Waals surface area contributed by atoms with Crippen LogP contribution in [0, 0.1) is 0 Å². The topological polar surface area (TPSA) is 48.9 Å². The first kappa shape index (κ1) is 17.4. The van der Waals surface area contributed by atoms with Crippen LogP contribution in [0.25, 0.3) is 27.7 Å². The van der Waals surface area contributed by atoms with E-state index in [4.69, 9.17) is 0 Å². The SMILES string of the molecule is Cn1c(=O)c2c(-c3ccccc3)n3c(c2n(C)c1=O)C(C(F)(F)F)=CCC3. The van der Waals surface area contributed by atoms with Crippen molar-refractivity contribution in [2.45, 2.75) is 19.1 Å². The summed E-state index contributed by atoms with van der Waals surface area (Å²) in [6.07, 6.45) is -3.27. The van der Waals surface area contributed by atoms with Crippen LogP contribution in [0.2, 0.25) is 0 Å². The Morgan fingerprint density at radius 2 is 1.63 bits per heavy atom. The van der Waals surface area contributed by atoms with Gasteiger partial charge in [0.25, 0.3) is 5.56 Å². The van der Waals surface area contributed by atoms with Crippen LogP contribution in [0.15, 0.2) is 46.0 Å². The summed E-state index contributed by atoms with van der Waals surface area (Å²) in [6, 6.07) is 8.81. The zero-order valence-corrected chi connectivity index (χ0v) is 14.7. The van der Waals surface area contributed by atoms with Gasteiger partial charge in [-0.15, -0.1) is 0 Å². The molecule has 1 aliphatic heterocycles. The molecule has 2 aromatic heterocycles. The predicted octanol–water partition coefficient (Wildman–Crippen LogP) is 3.06. The smallest absolute Gasteiger partial charge is 0.338 e. The summed E-state index contributed by atoms with van der Waals surface area (Å²) in [5.41, 5.74) is -1.14.